The van der Waals surface area contributed by atoms with Crippen LogP contribution < -0.4 is 10.6 Å². The number of likely N-dealkylation sites (N-methyl/N-ethyl adjacent to an activating group) is 1. The van der Waals surface area contributed by atoms with Crippen molar-refractivity contribution in [1.29, 1.82) is 0 Å². The number of amides is 1. The molecule has 2 aromatic rings. The maximum atomic E-state index is 12.6. The highest BCUT2D eigenvalue weighted by Crippen LogP contribution is 2.21. The van der Waals surface area contributed by atoms with Gasteiger partial charge in [0.15, 0.2) is 5.69 Å². The maximum Gasteiger partial charge on any atom is 0.272 e. The van der Waals surface area contributed by atoms with E-state index in [0.29, 0.717) is 18.8 Å². The van der Waals surface area contributed by atoms with Crippen molar-refractivity contribution in [3.05, 3.63) is 41.1 Å². The molecule has 3 N–H and O–H groups in total. The van der Waals surface area contributed by atoms with E-state index < -0.39 is 0 Å². The number of hydrogen-bond acceptors (Lipinski definition) is 5. The first-order chi connectivity index (χ1) is 11.7. The number of rotatable bonds is 7. The molecule has 0 saturated carbocycles. The van der Waals surface area contributed by atoms with Crippen LogP contribution in [0.1, 0.15) is 47.4 Å². The Balaban J connectivity index is 1.70. The highest BCUT2D eigenvalue weighted by atomic mass is 16.3. The Labute approximate surface area is 141 Å². The fraction of sp³-hybridized carbons (Fsp3) is 0.529. The molecule has 1 aliphatic rings. The van der Waals surface area contributed by atoms with E-state index in [0.717, 1.165) is 43.1 Å². The van der Waals surface area contributed by atoms with Gasteiger partial charge in [-0.05, 0) is 25.2 Å². The fourth-order valence-electron chi connectivity index (χ4n) is 3.24. The lowest BCUT2D eigenvalue weighted by molar-refractivity contribution is 0.0923. The number of fused-ring (bicyclic) bond motifs is 1. The summed E-state index contributed by atoms with van der Waals surface area (Å²) < 4.78 is 5.57. The largest absolute Gasteiger partial charge is 0.468 e. The summed E-state index contributed by atoms with van der Waals surface area (Å²) in [4.78, 5) is 14.8. The molecular formula is C17H25N5O2. The van der Waals surface area contributed by atoms with Crippen molar-refractivity contribution in [3.8, 4) is 0 Å². The Kier molecular flexibility index (Phi) is 5.32. The Morgan fingerprint density at radius 3 is 3.00 bits per heavy atom. The summed E-state index contributed by atoms with van der Waals surface area (Å²) in [6.07, 6.45) is 2.55. The molecule has 130 valence electrons. The molecule has 0 aromatic carbocycles. The number of hydrogen-bond donors (Lipinski definition) is 3. The van der Waals surface area contributed by atoms with Crippen molar-refractivity contribution in [3.63, 3.8) is 0 Å². The molecule has 24 heavy (non-hydrogen) atoms. The number of carbonyl (C=O) groups is 1. The third kappa shape index (κ3) is 3.37. The summed E-state index contributed by atoms with van der Waals surface area (Å²) in [5.74, 6) is 0.727. The van der Waals surface area contributed by atoms with E-state index in [4.69, 9.17) is 4.42 Å². The zero-order valence-corrected chi connectivity index (χ0v) is 14.3. The molecule has 7 nitrogen and oxygen atoms in total. The Morgan fingerprint density at radius 2 is 2.29 bits per heavy atom. The number of aromatic amines is 1. The highest BCUT2D eigenvalue weighted by molar-refractivity contribution is 5.94. The third-order valence-electron chi connectivity index (χ3n) is 4.60. The zero-order chi connectivity index (χ0) is 16.9. The number of H-pyrrole nitrogens is 1. The van der Waals surface area contributed by atoms with Gasteiger partial charge >= 0.3 is 0 Å². The van der Waals surface area contributed by atoms with Crippen LogP contribution in [0.2, 0.25) is 0 Å². The van der Waals surface area contributed by atoms with E-state index in [1.54, 1.807) is 6.26 Å². The van der Waals surface area contributed by atoms with Gasteiger partial charge in [-0.25, -0.2) is 0 Å². The van der Waals surface area contributed by atoms with Crippen molar-refractivity contribution < 1.29 is 9.21 Å². The van der Waals surface area contributed by atoms with Gasteiger partial charge in [0.1, 0.15) is 5.76 Å². The van der Waals surface area contributed by atoms with E-state index in [9.17, 15) is 4.79 Å². The monoisotopic (exact) mass is 331 g/mol. The van der Waals surface area contributed by atoms with Crippen molar-refractivity contribution in [2.75, 3.05) is 26.2 Å². The topological polar surface area (TPSA) is 86.2 Å². The smallest absolute Gasteiger partial charge is 0.272 e. The lowest BCUT2D eigenvalue weighted by Gasteiger charge is -2.28. The predicted molar refractivity (Wildman–Crippen MR) is 90.7 cm³/mol. The second kappa shape index (κ2) is 7.63. The number of nitrogens with zero attached hydrogens (tertiary/aromatic N) is 2. The minimum atomic E-state index is -0.139. The molecule has 0 fully saturated rings. The summed E-state index contributed by atoms with van der Waals surface area (Å²) in [7, 11) is 0. The van der Waals surface area contributed by atoms with Crippen LogP contribution >= 0.6 is 0 Å². The molecule has 3 heterocycles. The van der Waals surface area contributed by atoms with Gasteiger partial charge in [-0.3, -0.25) is 14.8 Å². The van der Waals surface area contributed by atoms with E-state index in [1.165, 1.54) is 0 Å². The number of furan rings is 1. The molecular weight excluding hydrogens is 306 g/mol. The molecule has 1 amide bonds. The van der Waals surface area contributed by atoms with Crippen LogP contribution in [-0.2, 0) is 13.0 Å². The van der Waals surface area contributed by atoms with E-state index >= 15 is 0 Å². The molecule has 3 rings (SSSR count). The number of carbonyl (C=O) groups excluding carboxylic acids is 1. The van der Waals surface area contributed by atoms with Crippen molar-refractivity contribution >= 4 is 5.91 Å². The van der Waals surface area contributed by atoms with Crippen LogP contribution in [0.25, 0.3) is 0 Å². The SMILES string of the molecule is CCN(CC)C(CNC(=O)c1n[nH]c2c1CNCC2)c1ccco1. The van der Waals surface area contributed by atoms with Crippen molar-refractivity contribution in [2.24, 2.45) is 0 Å². The summed E-state index contributed by atoms with van der Waals surface area (Å²) in [5, 5.41) is 13.5. The van der Waals surface area contributed by atoms with Crippen molar-refractivity contribution in [1.82, 2.24) is 25.7 Å². The molecule has 0 spiro atoms. The lowest BCUT2D eigenvalue weighted by Crippen LogP contribution is -2.38. The Bertz CT molecular complexity index is 661. The summed E-state index contributed by atoms with van der Waals surface area (Å²) >= 11 is 0. The van der Waals surface area contributed by atoms with Crippen LogP contribution in [-0.4, -0.2) is 47.2 Å². The molecule has 1 unspecified atom stereocenters. The van der Waals surface area contributed by atoms with Gasteiger partial charge < -0.3 is 15.1 Å². The molecule has 1 atom stereocenters. The quantitative estimate of drug-likeness (QED) is 0.715. The van der Waals surface area contributed by atoms with Gasteiger partial charge in [0, 0.05) is 37.3 Å². The minimum Gasteiger partial charge on any atom is -0.468 e. The predicted octanol–water partition coefficient (Wildman–Crippen LogP) is 1.46. The first-order valence-corrected chi connectivity index (χ1v) is 8.57. The maximum absolute atomic E-state index is 12.6. The first kappa shape index (κ1) is 16.7. The number of aromatic nitrogens is 2. The Hall–Kier alpha value is -2.12. The van der Waals surface area contributed by atoms with Crippen LogP contribution in [0, 0.1) is 0 Å². The van der Waals surface area contributed by atoms with E-state index in [1.807, 2.05) is 12.1 Å². The van der Waals surface area contributed by atoms with Crippen LogP contribution in [0.5, 0.6) is 0 Å². The van der Waals surface area contributed by atoms with Crippen LogP contribution in [0.3, 0.4) is 0 Å². The minimum absolute atomic E-state index is 0.0202. The van der Waals surface area contributed by atoms with E-state index in [-0.39, 0.29) is 11.9 Å². The van der Waals surface area contributed by atoms with E-state index in [2.05, 4.69) is 39.6 Å². The Morgan fingerprint density at radius 1 is 1.46 bits per heavy atom. The average Bonchev–Trinajstić information content (AvgIpc) is 3.27. The molecule has 0 bridgehead atoms. The summed E-state index contributed by atoms with van der Waals surface area (Å²) in [6, 6.07) is 3.85. The van der Waals surface area contributed by atoms with Gasteiger partial charge in [-0.15, -0.1) is 0 Å². The zero-order valence-electron chi connectivity index (χ0n) is 14.3. The average molecular weight is 331 g/mol. The van der Waals surface area contributed by atoms with Gasteiger partial charge in [-0.1, -0.05) is 13.8 Å². The molecule has 0 saturated heterocycles. The van der Waals surface area contributed by atoms with Crippen LogP contribution in [0.4, 0.5) is 0 Å². The summed E-state index contributed by atoms with van der Waals surface area (Å²) in [6.45, 7) is 8.08. The first-order valence-electron chi connectivity index (χ1n) is 8.57. The molecule has 0 aliphatic carbocycles. The standard InChI is InChI=1S/C17H25N5O2/c1-3-22(4-2)14(15-6-5-9-24-15)11-19-17(23)16-12-10-18-8-7-13(12)20-21-16/h5-6,9,14,18H,3-4,7-8,10-11H2,1-2H3,(H,19,23)(H,20,21). The molecule has 7 heteroatoms. The van der Waals surface area contributed by atoms with Gasteiger partial charge in [0.05, 0.1) is 12.3 Å². The second-order valence-corrected chi connectivity index (χ2v) is 5.92. The summed E-state index contributed by atoms with van der Waals surface area (Å²) in [5.41, 5.74) is 2.54. The molecule has 2 aromatic heterocycles. The van der Waals surface area contributed by atoms with Gasteiger partial charge in [0.25, 0.3) is 5.91 Å². The van der Waals surface area contributed by atoms with Gasteiger partial charge in [0.2, 0.25) is 0 Å². The molecule has 0 radical (unpaired) electrons. The number of nitrogens with one attached hydrogen (secondary N) is 3. The van der Waals surface area contributed by atoms with Crippen molar-refractivity contribution in [2.45, 2.75) is 32.9 Å². The normalized spacial score (nSPS) is 15.3. The molecule has 1 aliphatic heterocycles. The lowest BCUT2D eigenvalue weighted by atomic mass is 10.1. The fourth-order valence-corrected chi connectivity index (χ4v) is 3.24. The van der Waals surface area contributed by atoms with Gasteiger partial charge in [-0.2, -0.15) is 5.10 Å². The third-order valence-corrected chi connectivity index (χ3v) is 4.60. The van der Waals surface area contributed by atoms with Crippen LogP contribution in [0.15, 0.2) is 22.8 Å². The second-order valence-electron chi connectivity index (χ2n) is 5.92. The highest BCUT2D eigenvalue weighted by Gasteiger charge is 2.25.